The number of piperazine rings is 1. The number of anilines is 2. The third kappa shape index (κ3) is 7.29. The van der Waals surface area contributed by atoms with E-state index in [9.17, 15) is 0 Å². The number of rotatable bonds is 6. The first-order valence-electron chi connectivity index (χ1n) is 13.9. The van der Waals surface area contributed by atoms with Crippen LogP contribution in [0.4, 0.5) is 11.4 Å². The molecule has 1 aromatic rings. The van der Waals surface area contributed by atoms with Crippen molar-refractivity contribution in [3.05, 3.63) is 23.8 Å². The molecular weight excluding hydrogens is 454 g/mol. The highest BCUT2D eigenvalue weighted by Gasteiger charge is 2.40. The Morgan fingerprint density at radius 2 is 1.49 bits per heavy atom. The van der Waals surface area contributed by atoms with Crippen LogP contribution in [0.25, 0.3) is 0 Å². The first kappa shape index (κ1) is 28.6. The van der Waals surface area contributed by atoms with Crippen LogP contribution in [0.2, 0.25) is 0 Å². The molecule has 0 amide bonds. The van der Waals surface area contributed by atoms with E-state index in [4.69, 9.17) is 4.74 Å². The maximum atomic E-state index is 5.63. The van der Waals surface area contributed by atoms with E-state index in [-0.39, 0.29) is 12.4 Å². The highest BCUT2D eigenvalue weighted by atomic mass is 35.5. The van der Waals surface area contributed by atoms with Crippen molar-refractivity contribution in [2.24, 2.45) is 16.7 Å². The van der Waals surface area contributed by atoms with Crippen LogP contribution in [0.1, 0.15) is 85.1 Å². The second-order valence-corrected chi connectivity index (χ2v) is 13.5. The van der Waals surface area contributed by atoms with Crippen LogP contribution < -0.4 is 9.80 Å². The molecule has 0 unspecified atom stereocenters. The molecule has 35 heavy (non-hydrogen) atoms. The van der Waals surface area contributed by atoms with Crippen LogP contribution in [-0.2, 0) is 4.74 Å². The topological polar surface area (TPSA) is 19.0 Å². The van der Waals surface area contributed by atoms with Gasteiger partial charge in [-0.2, -0.15) is 0 Å². The SMILES string of the molecule is COC1CCN(c2ccc(N3CCN(CC(C)C)CC3)c(C3CC(C)(C)CC(C)(C)C3)c2)CC1.Cl. The van der Waals surface area contributed by atoms with Crippen molar-refractivity contribution in [3.8, 4) is 0 Å². The fourth-order valence-electron chi connectivity index (χ4n) is 7.46. The summed E-state index contributed by atoms with van der Waals surface area (Å²) in [4.78, 5) is 7.95. The molecule has 1 aromatic carbocycles. The number of piperidine rings is 1. The van der Waals surface area contributed by atoms with E-state index in [0.717, 1.165) is 44.9 Å². The van der Waals surface area contributed by atoms with Gasteiger partial charge in [0.15, 0.2) is 0 Å². The molecule has 0 bridgehead atoms. The van der Waals surface area contributed by atoms with Gasteiger partial charge in [-0.25, -0.2) is 0 Å². The summed E-state index contributed by atoms with van der Waals surface area (Å²) in [6.07, 6.45) is 6.61. The highest BCUT2D eigenvalue weighted by Crippen LogP contribution is 2.53. The minimum absolute atomic E-state index is 0. The Morgan fingerprint density at radius 3 is 2.03 bits per heavy atom. The van der Waals surface area contributed by atoms with Gasteiger partial charge >= 0.3 is 0 Å². The van der Waals surface area contributed by atoms with Crippen LogP contribution in [0.15, 0.2) is 18.2 Å². The lowest BCUT2D eigenvalue weighted by Crippen LogP contribution is -2.48. The predicted octanol–water partition coefficient (Wildman–Crippen LogP) is 6.82. The summed E-state index contributed by atoms with van der Waals surface area (Å²) >= 11 is 0. The molecule has 200 valence electrons. The van der Waals surface area contributed by atoms with E-state index in [1.165, 1.54) is 50.3 Å². The number of hydrogen-bond acceptors (Lipinski definition) is 4. The molecule has 1 aliphatic carbocycles. The lowest BCUT2D eigenvalue weighted by Gasteiger charge is -2.47. The van der Waals surface area contributed by atoms with Gasteiger partial charge in [0.2, 0.25) is 0 Å². The van der Waals surface area contributed by atoms with Crippen LogP contribution in [0.3, 0.4) is 0 Å². The fourth-order valence-corrected chi connectivity index (χ4v) is 7.46. The molecule has 3 aliphatic rings. The van der Waals surface area contributed by atoms with E-state index in [1.807, 2.05) is 7.11 Å². The van der Waals surface area contributed by atoms with Crippen molar-refractivity contribution in [2.45, 2.75) is 85.7 Å². The van der Waals surface area contributed by atoms with Crippen LogP contribution >= 0.6 is 12.4 Å². The van der Waals surface area contributed by atoms with Gasteiger partial charge in [0.25, 0.3) is 0 Å². The van der Waals surface area contributed by atoms with Gasteiger partial charge in [-0.05, 0) is 78.5 Å². The van der Waals surface area contributed by atoms with Gasteiger partial charge in [0.05, 0.1) is 6.10 Å². The minimum atomic E-state index is 0. The van der Waals surface area contributed by atoms with Crippen molar-refractivity contribution in [2.75, 3.05) is 62.7 Å². The van der Waals surface area contributed by atoms with Gasteiger partial charge in [-0.15, -0.1) is 12.4 Å². The third-order valence-corrected chi connectivity index (χ3v) is 8.48. The summed E-state index contributed by atoms with van der Waals surface area (Å²) in [7, 11) is 1.86. The standard InChI is InChI=1S/C30H51N3O.ClH/c1-23(2)21-31-14-16-33(17-15-31)28-9-8-25(32-12-10-26(34-7)11-13-32)18-27(28)24-19-29(3,4)22-30(5,6)20-24;/h8-9,18,23-24,26H,10-17,19-22H2,1-7H3;1H. The van der Waals surface area contributed by atoms with E-state index >= 15 is 0 Å². The number of halogens is 1. The molecule has 4 rings (SSSR count). The largest absolute Gasteiger partial charge is 0.381 e. The van der Waals surface area contributed by atoms with Crippen molar-refractivity contribution in [1.29, 1.82) is 0 Å². The average Bonchev–Trinajstić information content (AvgIpc) is 2.77. The summed E-state index contributed by atoms with van der Waals surface area (Å²) < 4.78 is 5.63. The number of ether oxygens (including phenoxy) is 1. The minimum Gasteiger partial charge on any atom is -0.381 e. The van der Waals surface area contributed by atoms with Crippen LogP contribution in [0.5, 0.6) is 0 Å². The van der Waals surface area contributed by atoms with E-state index in [2.05, 4.69) is 74.4 Å². The average molecular weight is 506 g/mol. The lowest BCUT2D eigenvalue weighted by atomic mass is 9.60. The van der Waals surface area contributed by atoms with Gasteiger partial charge < -0.3 is 14.5 Å². The Hall–Kier alpha value is -0.970. The lowest BCUT2D eigenvalue weighted by molar-refractivity contribution is 0.0819. The Kier molecular flexibility index (Phi) is 9.48. The van der Waals surface area contributed by atoms with Gasteiger partial charge in [0, 0.05) is 64.3 Å². The number of nitrogens with zero attached hydrogens (tertiary/aromatic N) is 3. The second kappa shape index (κ2) is 11.6. The fraction of sp³-hybridized carbons (Fsp3) is 0.800. The molecule has 0 atom stereocenters. The Bertz CT molecular complexity index is 792. The van der Waals surface area contributed by atoms with E-state index in [1.54, 1.807) is 5.56 Å². The maximum Gasteiger partial charge on any atom is 0.0605 e. The molecule has 1 saturated carbocycles. The van der Waals surface area contributed by atoms with E-state index in [0.29, 0.717) is 22.9 Å². The summed E-state index contributed by atoms with van der Waals surface area (Å²) in [5, 5.41) is 0. The monoisotopic (exact) mass is 505 g/mol. The van der Waals surface area contributed by atoms with Crippen molar-refractivity contribution >= 4 is 23.8 Å². The Balaban J connectivity index is 0.00000342. The summed E-state index contributed by atoms with van der Waals surface area (Å²) in [6.45, 7) is 22.7. The summed E-state index contributed by atoms with van der Waals surface area (Å²) in [5.74, 6) is 1.38. The molecule has 2 heterocycles. The molecule has 3 fully saturated rings. The van der Waals surface area contributed by atoms with Crippen molar-refractivity contribution in [1.82, 2.24) is 4.90 Å². The van der Waals surface area contributed by atoms with E-state index < -0.39 is 0 Å². The van der Waals surface area contributed by atoms with Crippen molar-refractivity contribution < 1.29 is 4.74 Å². The smallest absolute Gasteiger partial charge is 0.0605 e. The van der Waals surface area contributed by atoms with Crippen LogP contribution in [-0.4, -0.2) is 63.9 Å². The zero-order valence-corrected chi connectivity index (χ0v) is 24.4. The second-order valence-electron chi connectivity index (χ2n) is 13.5. The van der Waals surface area contributed by atoms with Gasteiger partial charge in [-0.1, -0.05) is 41.5 Å². The van der Waals surface area contributed by atoms with Crippen molar-refractivity contribution in [3.63, 3.8) is 0 Å². The first-order valence-corrected chi connectivity index (χ1v) is 13.9. The molecule has 5 heteroatoms. The molecule has 0 radical (unpaired) electrons. The zero-order valence-electron chi connectivity index (χ0n) is 23.6. The maximum absolute atomic E-state index is 5.63. The highest BCUT2D eigenvalue weighted by molar-refractivity contribution is 5.85. The molecule has 2 saturated heterocycles. The van der Waals surface area contributed by atoms with Gasteiger partial charge in [-0.3, -0.25) is 4.90 Å². The molecule has 4 nitrogen and oxygen atoms in total. The molecule has 2 aliphatic heterocycles. The number of benzene rings is 1. The predicted molar refractivity (Wildman–Crippen MR) is 154 cm³/mol. The number of methoxy groups -OCH3 is 1. The Morgan fingerprint density at radius 1 is 0.886 bits per heavy atom. The zero-order chi connectivity index (χ0) is 24.5. The molecular formula is C30H52ClN3O. The Labute approximate surface area is 222 Å². The first-order chi connectivity index (χ1) is 16.0. The van der Waals surface area contributed by atoms with Gasteiger partial charge in [0.1, 0.15) is 0 Å². The molecule has 0 aromatic heterocycles. The van der Waals surface area contributed by atoms with Crippen LogP contribution in [0, 0.1) is 16.7 Å². The normalized spacial score (nSPS) is 24.0. The number of hydrogen-bond donors (Lipinski definition) is 0. The molecule has 0 N–H and O–H groups in total. The molecule has 0 spiro atoms. The summed E-state index contributed by atoms with van der Waals surface area (Å²) in [6, 6.07) is 7.47. The quantitative estimate of drug-likeness (QED) is 0.422. The summed E-state index contributed by atoms with van der Waals surface area (Å²) in [5.41, 5.74) is 5.34. The third-order valence-electron chi connectivity index (χ3n) is 8.48.